The largest absolute Gasteiger partial charge is 0.435 e. The van der Waals surface area contributed by atoms with Gasteiger partial charge in [0, 0.05) is 48.9 Å². The van der Waals surface area contributed by atoms with Gasteiger partial charge in [0.05, 0.1) is 35.1 Å². The molecule has 1 aromatic carbocycles. The lowest BCUT2D eigenvalue weighted by molar-refractivity contribution is -0.642. The molecule has 0 amide bonds. The van der Waals surface area contributed by atoms with Crippen LogP contribution in [0, 0.1) is 4.91 Å². The zero-order valence-electron chi connectivity index (χ0n) is 20.0. The molecule has 0 saturated carbocycles. The standard InChI is InChI=1S/C23H32F2N5O4S/c1-16(2)29-21-15-18(30(31)26-8-9-28-10-12-35(32,33)13-11-28)6-7-20(21)22(27-29)17-4-3-5-19(14-17)34-23(24)25/h3-5,14,16,18,23H,6-13,15H2,1-2H3,(H,26,31)/q+1/t18-/m1/s1. The molecule has 1 saturated heterocycles. The van der Waals surface area contributed by atoms with Crippen LogP contribution in [0.1, 0.15) is 37.6 Å². The van der Waals surface area contributed by atoms with E-state index in [0.717, 1.165) is 21.8 Å². The van der Waals surface area contributed by atoms with E-state index in [1.54, 1.807) is 12.1 Å². The van der Waals surface area contributed by atoms with Crippen LogP contribution in [0.2, 0.25) is 0 Å². The Kier molecular flexibility index (Phi) is 7.70. The number of sulfone groups is 1. The first-order valence-corrected chi connectivity index (χ1v) is 13.7. The molecule has 192 valence electrons. The number of hydrazine groups is 1. The Morgan fingerprint density at radius 1 is 1.26 bits per heavy atom. The van der Waals surface area contributed by atoms with Gasteiger partial charge in [-0.15, -0.1) is 0 Å². The number of aromatic nitrogens is 2. The minimum absolute atomic E-state index is 0.0696. The van der Waals surface area contributed by atoms with Gasteiger partial charge in [-0.25, -0.2) is 8.42 Å². The van der Waals surface area contributed by atoms with Crippen molar-refractivity contribution in [1.82, 2.24) is 20.1 Å². The van der Waals surface area contributed by atoms with Crippen molar-refractivity contribution in [3.63, 3.8) is 0 Å². The zero-order chi connectivity index (χ0) is 25.2. The molecule has 0 bridgehead atoms. The predicted octanol–water partition coefficient (Wildman–Crippen LogP) is 2.60. The van der Waals surface area contributed by atoms with Gasteiger partial charge in [0.15, 0.2) is 9.84 Å². The maximum Gasteiger partial charge on any atom is 0.387 e. The summed E-state index contributed by atoms with van der Waals surface area (Å²) < 4.78 is 55.0. The number of nitrogens with one attached hydrogen (secondary N) is 1. The van der Waals surface area contributed by atoms with Gasteiger partial charge in [-0.05, 0) is 32.4 Å². The lowest BCUT2D eigenvalue weighted by atomic mass is 9.90. The van der Waals surface area contributed by atoms with Crippen molar-refractivity contribution in [2.24, 2.45) is 0 Å². The van der Waals surface area contributed by atoms with Gasteiger partial charge < -0.3 is 4.74 Å². The summed E-state index contributed by atoms with van der Waals surface area (Å²) in [6.45, 7) is 3.18. The molecule has 9 nitrogen and oxygen atoms in total. The van der Waals surface area contributed by atoms with E-state index in [2.05, 4.69) is 10.2 Å². The van der Waals surface area contributed by atoms with Crippen molar-refractivity contribution in [1.29, 1.82) is 0 Å². The average Bonchev–Trinajstić information content (AvgIpc) is 3.19. The number of nitrogens with zero attached hydrogens (tertiary/aromatic N) is 4. The van der Waals surface area contributed by atoms with Gasteiger partial charge in [-0.2, -0.15) is 19.3 Å². The third kappa shape index (κ3) is 6.16. The first-order chi connectivity index (χ1) is 16.6. The Labute approximate surface area is 203 Å². The van der Waals surface area contributed by atoms with Crippen LogP contribution >= 0.6 is 0 Å². The highest BCUT2D eigenvalue weighted by atomic mass is 32.2. The van der Waals surface area contributed by atoms with E-state index in [1.807, 2.05) is 29.5 Å². The van der Waals surface area contributed by atoms with Gasteiger partial charge in [-0.1, -0.05) is 12.1 Å². The van der Waals surface area contributed by atoms with E-state index in [1.165, 1.54) is 6.07 Å². The van der Waals surface area contributed by atoms with Crippen LogP contribution in [0.25, 0.3) is 11.3 Å². The molecular weight excluding hydrogens is 480 g/mol. The molecule has 0 spiro atoms. The van der Waals surface area contributed by atoms with Crippen LogP contribution in [-0.4, -0.2) is 78.3 Å². The number of hydrogen-bond acceptors (Lipinski definition) is 6. The zero-order valence-corrected chi connectivity index (χ0v) is 20.8. The highest BCUT2D eigenvalue weighted by Crippen LogP contribution is 2.34. The van der Waals surface area contributed by atoms with Crippen molar-refractivity contribution in [2.75, 3.05) is 37.7 Å². The molecule has 1 aliphatic carbocycles. The molecule has 0 radical (unpaired) electrons. The van der Waals surface area contributed by atoms with Crippen LogP contribution in [0.15, 0.2) is 24.3 Å². The second kappa shape index (κ2) is 10.6. The summed E-state index contributed by atoms with van der Waals surface area (Å²) in [5, 5.41) is 4.79. The third-order valence-electron chi connectivity index (χ3n) is 6.56. The topological polar surface area (TPSA) is 96.5 Å². The number of nitroso groups, excluding NO2 is 1. The fraction of sp³-hybridized carbons (Fsp3) is 0.609. The van der Waals surface area contributed by atoms with E-state index in [4.69, 9.17) is 5.10 Å². The van der Waals surface area contributed by atoms with Gasteiger partial charge in [0.25, 0.3) is 0 Å². The van der Waals surface area contributed by atoms with Crippen molar-refractivity contribution >= 4 is 9.84 Å². The number of benzene rings is 1. The normalized spacial score (nSPS) is 20.1. The Morgan fingerprint density at radius 3 is 2.69 bits per heavy atom. The quantitative estimate of drug-likeness (QED) is 0.408. The summed E-state index contributed by atoms with van der Waals surface area (Å²) in [6.07, 6.45) is 1.80. The lowest BCUT2D eigenvalue weighted by Gasteiger charge is -2.26. The molecule has 35 heavy (non-hydrogen) atoms. The molecule has 12 heteroatoms. The van der Waals surface area contributed by atoms with Crippen molar-refractivity contribution in [3.05, 3.63) is 40.4 Å². The first-order valence-electron chi connectivity index (χ1n) is 11.9. The highest BCUT2D eigenvalue weighted by molar-refractivity contribution is 7.91. The molecule has 1 aromatic heterocycles. The fourth-order valence-corrected chi connectivity index (χ4v) is 6.00. The number of ether oxygens (including phenoxy) is 1. The minimum atomic E-state index is -2.92. The summed E-state index contributed by atoms with van der Waals surface area (Å²) in [6, 6.07) is 6.35. The van der Waals surface area contributed by atoms with E-state index in [0.29, 0.717) is 51.0 Å². The summed E-state index contributed by atoms with van der Waals surface area (Å²) >= 11 is 0. The number of fused-ring (bicyclic) bond motifs is 1. The molecule has 2 aromatic rings. The molecule has 1 N–H and O–H groups in total. The van der Waals surface area contributed by atoms with Gasteiger partial charge >= 0.3 is 6.61 Å². The summed E-state index contributed by atoms with van der Waals surface area (Å²) in [5.74, 6) is 0.413. The number of hydrogen-bond donors (Lipinski definition) is 1. The molecular formula is C23H32F2N5O4S+. The summed E-state index contributed by atoms with van der Waals surface area (Å²) in [4.78, 5) is 15.8. The minimum Gasteiger partial charge on any atom is -0.435 e. The second-order valence-corrected chi connectivity index (χ2v) is 11.6. The van der Waals surface area contributed by atoms with Crippen molar-refractivity contribution in [3.8, 4) is 17.0 Å². The Hall–Kier alpha value is -2.60. The number of rotatable bonds is 9. The smallest absolute Gasteiger partial charge is 0.387 e. The fourth-order valence-electron chi connectivity index (χ4n) is 4.72. The molecule has 1 atom stereocenters. The lowest BCUT2D eigenvalue weighted by Crippen LogP contribution is -2.46. The van der Waals surface area contributed by atoms with Crippen LogP contribution in [0.3, 0.4) is 0 Å². The Morgan fingerprint density at radius 2 is 2.00 bits per heavy atom. The van der Waals surface area contributed by atoms with Crippen LogP contribution < -0.4 is 10.2 Å². The van der Waals surface area contributed by atoms with Crippen LogP contribution in [0.5, 0.6) is 5.75 Å². The Bertz CT molecular complexity index is 1150. The van der Waals surface area contributed by atoms with Crippen molar-refractivity contribution in [2.45, 2.75) is 51.8 Å². The number of halogens is 2. The van der Waals surface area contributed by atoms with Gasteiger partial charge in [0.2, 0.25) is 6.04 Å². The van der Waals surface area contributed by atoms with Gasteiger partial charge in [0.1, 0.15) is 10.6 Å². The van der Waals surface area contributed by atoms with Gasteiger partial charge in [-0.3, -0.25) is 9.58 Å². The van der Waals surface area contributed by atoms with E-state index >= 15 is 0 Å². The maximum atomic E-state index is 12.8. The maximum absolute atomic E-state index is 12.8. The monoisotopic (exact) mass is 512 g/mol. The number of alkyl halides is 2. The van der Waals surface area contributed by atoms with Crippen LogP contribution in [0.4, 0.5) is 8.78 Å². The van der Waals surface area contributed by atoms with Crippen molar-refractivity contribution < 1.29 is 26.8 Å². The van der Waals surface area contributed by atoms with E-state index < -0.39 is 16.4 Å². The molecule has 4 rings (SSSR count). The molecule has 2 aliphatic rings. The molecule has 0 unspecified atom stereocenters. The third-order valence-corrected chi connectivity index (χ3v) is 8.17. The molecule has 2 heterocycles. The second-order valence-electron chi connectivity index (χ2n) is 9.34. The van der Waals surface area contributed by atoms with E-state index in [9.17, 15) is 22.1 Å². The predicted molar refractivity (Wildman–Crippen MR) is 127 cm³/mol. The first kappa shape index (κ1) is 25.5. The van der Waals surface area contributed by atoms with E-state index in [-0.39, 0.29) is 29.3 Å². The highest BCUT2D eigenvalue weighted by Gasteiger charge is 2.36. The summed E-state index contributed by atoms with van der Waals surface area (Å²) in [5.41, 5.74) is 6.39. The Balaban J connectivity index is 1.43. The average molecular weight is 513 g/mol. The SMILES string of the molecule is CC(C)n1nc(-c2cccc(OC(F)F)c2)c2c1C[C@H]([N+](=O)NCCN1CCS(=O)(=O)CC1)CC2. The molecule has 1 aliphatic heterocycles. The summed E-state index contributed by atoms with van der Waals surface area (Å²) in [7, 11) is -2.92. The molecule has 1 fully saturated rings. The van der Waals surface area contributed by atoms with Crippen LogP contribution in [-0.2, 0) is 22.7 Å².